The third kappa shape index (κ3) is 2.98. The molecule has 3 aromatic carbocycles. The highest BCUT2D eigenvalue weighted by atomic mass is 16.6. The fraction of sp³-hybridized carbons (Fsp3) is 0.258. The van der Waals surface area contributed by atoms with Gasteiger partial charge >= 0.3 is 0 Å². The Bertz CT molecular complexity index is 1760. The van der Waals surface area contributed by atoms with E-state index in [1.54, 1.807) is 18.2 Å². The average molecular weight is 535 g/mol. The van der Waals surface area contributed by atoms with Gasteiger partial charge < -0.3 is 19.8 Å². The quantitative estimate of drug-likeness (QED) is 0.347. The average Bonchev–Trinajstić information content (AvgIpc) is 3.68. The third-order valence-corrected chi connectivity index (χ3v) is 8.86. The Morgan fingerprint density at radius 2 is 1.77 bits per heavy atom. The predicted octanol–water partition coefficient (Wildman–Crippen LogP) is 3.42. The maximum atomic E-state index is 14.3. The summed E-state index contributed by atoms with van der Waals surface area (Å²) in [6.07, 6.45) is 2.41. The molecule has 2 unspecified atom stereocenters. The molecule has 1 aromatic heterocycles. The van der Waals surface area contributed by atoms with Gasteiger partial charge in [0.1, 0.15) is 18.8 Å². The second kappa shape index (κ2) is 8.19. The molecule has 8 rings (SSSR count). The molecule has 4 atom stereocenters. The molecule has 4 aromatic rings. The number of fused-ring (bicyclic) bond motifs is 6. The number of aromatic nitrogens is 1. The van der Waals surface area contributed by atoms with Crippen molar-refractivity contribution in [3.8, 4) is 11.5 Å². The molecule has 9 nitrogen and oxygen atoms in total. The van der Waals surface area contributed by atoms with E-state index in [2.05, 4.69) is 15.6 Å². The van der Waals surface area contributed by atoms with Gasteiger partial charge in [-0.15, -0.1) is 0 Å². The summed E-state index contributed by atoms with van der Waals surface area (Å²) in [5, 5.41) is 7.62. The van der Waals surface area contributed by atoms with Crippen LogP contribution in [0.25, 0.3) is 10.9 Å². The molecule has 3 N–H and O–H groups in total. The van der Waals surface area contributed by atoms with Gasteiger partial charge in [0, 0.05) is 40.5 Å². The van der Waals surface area contributed by atoms with Crippen LogP contribution in [0.1, 0.15) is 16.7 Å². The molecule has 0 radical (unpaired) electrons. The van der Waals surface area contributed by atoms with E-state index in [1.165, 1.54) is 4.90 Å². The van der Waals surface area contributed by atoms with Crippen LogP contribution in [-0.4, -0.2) is 42.0 Å². The van der Waals surface area contributed by atoms with Crippen molar-refractivity contribution >= 4 is 40.0 Å². The van der Waals surface area contributed by atoms with Crippen LogP contribution in [0.3, 0.4) is 0 Å². The van der Waals surface area contributed by atoms with Crippen molar-refractivity contribution in [3.63, 3.8) is 0 Å². The molecule has 40 heavy (non-hydrogen) atoms. The van der Waals surface area contributed by atoms with Crippen molar-refractivity contribution < 1.29 is 23.9 Å². The molecule has 200 valence electrons. The van der Waals surface area contributed by atoms with Crippen LogP contribution in [0, 0.1) is 18.8 Å². The van der Waals surface area contributed by atoms with Gasteiger partial charge in [0.15, 0.2) is 11.5 Å². The summed E-state index contributed by atoms with van der Waals surface area (Å²) >= 11 is 0. The maximum Gasteiger partial charge on any atom is 0.250 e. The smallest absolute Gasteiger partial charge is 0.250 e. The van der Waals surface area contributed by atoms with Crippen LogP contribution in [-0.2, 0) is 26.3 Å². The van der Waals surface area contributed by atoms with E-state index in [9.17, 15) is 14.4 Å². The Morgan fingerprint density at radius 1 is 0.950 bits per heavy atom. The number of hydrogen-bond acceptors (Lipinski definition) is 6. The molecule has 0 saturated carbocycles. The fourth-order valence-corrected chi connectivity index (χ4v) is 7.11. The van der Waals surface area contributed by atoms with E-state index >= 15 is 0 Å². The highest BCUT2D eigenvalue weighted by Crippen LogP contribution is 2.54. The van der Waals surface area contributed by atoms with Crippen molar-refractivity contribution in [1.82, 2.24) is 10.3 Å². The number of ether oxygens (including phenoxy) is 2. The standard InChI is InChI=1S/C31H26N4O5/c1-16-5-4-7-20-27(16)33-30(38)31(20)26-25(22(34-31)13-17-15-32-21-8-3-2-6-19(17)21)28(36)35(29(26)37)18-9-10-23-24(14-18)40-12-11-39-23/h2-10,14-15,22,25-26,32,34H,11-13H2,1H3,(H,33,38)/t22?,25-,26+,31?/m1/s1. The second-order valence-electron chi connectivity index (χ2n) is 10.9. The fourth-order valence-electron chi connectivity index (χ4n) is 7.11. The first-order valence-corrected chi connectivity index (χ1v) is 13.5. The van der Waals surface area contributed by atoms with Crippen molar-refractivity contribution in [2.75, 3.05) is 23.4 Å². The largest absolute Gasteiger partial charge is 0.486 e. The number of aromatic amines is 1. The molecule has 1 spiro atoms. The van der Waals surface area contributed by atoms with Gasteiger partial charge in [-0.25, -0.2) is 4.90 Å². The molecular formula is C31H26N4O5. The summed E-state index contributed by atoms with van der Waals surface area (Å²) in [6.45, 7) is 2.76. The predicted molar refractivity (Wildman–Crippen MR) is 147 cm³/mol. The number of para-hydroxylation sites is 2. The Kier molecular flexibility index (Phi) is 4.76. The zero-order chi connectivity index (χ0) is 27.2. The third-order valence-electron chi connectivity index (χ3n) is 8.86. The number of imide groups is 1. The zero-order valence-corrected chi connectivity index (χ0v) is 21.7. The van der Waals surface area contributed by atoms with Gasteiger partial charge in [0.05, 0.1) is 17.5 Å². The summed E-state index contributed by atoms with van der Waals surface area (Å²) < 4.78 is 11.4. The molecule has 4 aliphatic heterocycles. The molecule has 3 amide bonds. The molecule has 4 aliphatic rings. The number of carbonyl (C=O) groups excluding carboxylic acids is 3. The van der Waals surface area contributed by atoms with Gasteiger partial charge in [-0.3, -0.25) is 19.7 Å². The van der Waals surface area contributed by atoms with Crippen molar-refractivity contribution in [1.29, 1.82) is 0 Å². The lowest BCUT2D eigenvalue weighted by Crippen LogP contribution is -2.53. The first kappa shape index (κ1) is 23.3. The van der Waals surface area contributed by atoms with Gasteiger partial charge in [-0.05, 0) is 42.7 Å². The molecular weight excluding hydrogens is 508 g/mol. The highest BCUT2D eigenvalue weighted by Gasteiger charge is 2.70. The van der Waals surface area contributed by atoms with Gasteiger partial charge in [-0.2, -0.15) is 0 Å². The number of anilines is 2. The van der Waals surface area contributed by atoms with E-state index in [4.69, 9.17) is 9.47 Å². The SMILES string of the molecule is Cc1cccc2c1NC(=O)C21NC(Cc2c[nH]c3ccccc23)[C@H]2C(=O)N(c3ccc4c(c3)OCCO4)C(=O)[C@H]21. The number of benzene rings is 3. The first-order chi connectivity index (χ1) is 19.5. The van der Waals surface area contributed by atoms with E-state index in [0.717, 1.165) is 22.0 Å². The van der Waals surface area contributed by atoms with Crippen molar-refractivity contribution in [2.24, 2.45) is 11.8 Å². The van der Waals surface area contributed by atoms with Gasteiger partial charge in [-0.1, -0.05) is 36.4 Å². The number of H-pyrrole nitrogens is 1. The number of nitrogens with one attached hydrogen (secondary N) is 3. The van der Waals surface area contributed by atoms with Crippen LogP contribution in [0.15, 0.2) is 66.9 Å². The molecule has 9 heteroatoms. The lowest BCUT2D eigenvalue weighted by molar-refractivity contribution is -0.130. The number of carbonyl (C=O) groups is 3. The summed E-state index contributed by atoms with van der Waals surface area (Å²) in [6, 6.07) is 18.3. The van der Waals surface area contributed by atoms with Crippen LogP contribution >= 0.6 is 0 Å². The normalized spacial score (nSPS) is 26.5. The van der Waals surface area contributed by atoms with Crippen LogP contribution < -0.4 is 25.0 Å². The van der Waals surface area contributed by atoms with Crippen LogP contribution in [0.5, 0.6) is 11.5 Å². The van der Waals surface area contributed by atoms with Gasteiger partial charge in [0.25, 0.3) is 0 Å². The van der Waals surface area contributed by atoms with E-state index in [-0.39, 0.29) is 11.8 Å². The number of aryl methyl sites for hydroxylation is 1. The Morgan fingerprint density at radius 3 is 2.65 bits per heavy atom. The second-order valence-corrected chi connectivity index (χ2v) is 10.9. The van der Waals surface area contributed by atoms with E-state index in [0.29, 0.717) is 48.1 Å². The van der Waals surface area contributed by atoms with Crippen molar-refractivity contribution in [3.05, 3.63) is 83.6 Å². The number of rotatable bonds is 3. The van der Waals surface area contributed by atoms with Crippen LogP contribution in [0.4, 0.5) is 11.4 Å². The minimum atomic E-state index is -1.36. The maximum absolute atomic E-state index is 14.3. The monoisotopic (exact) mass is 534 g/mol. The summed E-state index contributed by atoms with van der Waals surface area (Å²) in [5.41, 5.74) is 3.37. The number of nitrogens with zero attached hydrogens (tertiary/aromatic N) is 1. The minimum Gasteiger partial charge on any atom is -0.486 e. The molecule has 5 heterocycles. The zero-order valence-electron chi connectivity index (χ0n) is 21.7. The summed E-state index contributed by atoms with van der Waals surface area (Å²) in [4.78, 5) is 47.0. The lowest BCUT2D eigenvalue weighted by Gasteiger charge is -2.30. The van der Waals surface area contributed by atoms with E-state index in [1.807, 2.05) is 55.6 Å². The summed E-state index contributed by atoms with van der Waals surface area (Å²) in [7, 11) is 0. The molecule has 0 aliphatic carbocycles. The lowest BCUT2D eigenvalue weighted by atomic mass is 9.76. The molecule has 2 fully saturated rings. The van der Waals surface area contributed by atoms with Crippen LogP contribution in [0.2, 0.25) is 0 Å². The van der Waals surface area contributed by atoms with Crippen molar-refractivity contribution in [2.45, 2.75) is 24.9 Å². The molecule has 2 saturated heterocycles. The van der Waals surface area contributed by atoms with Gasteiger partial charge in [0.2, 0.25) is 17.7 Å². The molecule has 0 bridgehead atoms. The minimum absolute atomic E-state index is 0.307. The first-order valence-electron chi connectivity index (χ1n) is 13.5. The Labute approximate surface area is 229 Å². The Balaban J connectivity index is 1.27. The number of amides is 3. The summed E-state index contributed by atoms with van der Waals surface area (Å²) in [5.74, 6) is -1.62. The Hall–Kier alpha value is -4.63. The topological polar surface area (TPSA) is 113 Å². The highest BCUT2D eigenvalue weighted by molar-refractivity contribution is 6.26. The number of hydrogen-bond donors (Lipinski definition) is 3. The van der Waals surface area contributed by atoms with E-state index < -0.39 is 29.3 Å².